The Balaban J connectivity index is 1.37. The minimum Gasteiger partial charge on any atom is -0.364 e. The van der Waals surface area contributed by atoms with Crippen molar-refractivity contribution in [3.05, 3.63) is 59.2 Å². The topological polar surface area (TPSA) is 64.8 Å². The van der Waals surface area contributed by atoms with Crippen molar-refractivity contribution < 1.29 is 13.2 Å². The first kappa shape index (κ1) is 20.6. The number of benzene rings is 2. The maximum absolute atomic E-state index is 15.0. The van der Waals surface area contributed by atoms with Gasteiger partial charge in [-0.3, -0.25) is 0 Å². The Bertz CT molecular complexity index is 1200. The summed E-state index contributed by atoms with van der Waals surface area (Å²) in [4.78, 5) is 11.6. The van der Waals surface area contributed by atoms with Gasteiger partial charge in [0.2, 0.25) is 0 Å². The van der Waals surface area contributed by atoms with Crippen LogP contribution in [0, 0.1) is 28.9 Å². The third-order valence-electron chi connectivity index (χ3n) is 6.21. The van der Waals surface area contributed by atoms with E-state index < -0.39 is 17.8 Å². The summed E-state index contributed by atoms with van der Waals surface area (Å²) in [5.41, 5.74) is 1.79. The van der Waals surface area contributed by atoms with Crippen LogP contribution in [0.1, 0.15) is 43.0 Å². The number of alkyl halides is 1. The molecule has 5 nitrogen and oxygen atoms in total. The Hall–Kier alpha value is -3.34. The lowest BCUT2D eigenvalue weighted by molar-refractivity contribution is 0.193. The molecule has 3 aromatic rings. The second-order valence-electron chi connectivity index (χ2n) is 8.52. The van der Waals surface area contributed by atoms with Crippen LogP contribution in [0.3, 0.4) is 0 Å². The molecule has 2 aromatic carbocycles. The van der Waals surface area contributed by atoms with Crippen LogP contribution in [-0.2, 0) is 0 Å². The molecule has 0 radical (unpaired) electrons. The van der Waals surface area contributed by atoms with Gasteiger partial charge in [0.1, 0.15) is 17.8 Å². The summed E-state index contributed by atoms with van der Waals surface area (Å²) in [5.74, 6) is -0.503. The fourth-order valence-corrected chi connectivity index (χ4v) is 4.24. The van der Waals surface area contributed by atoms with Gasteiger partial charge in [0.15, 0.2) is 11.6 Å². The average Bonchev–Trinajstić information content (AvgIpc) is 3.62. The number of halogens is 3. The van der Waals surface area contributed by atoms with Gasteiger partial charge in [0.25, 0.3) is 0 Å². The molecule has 1 saturated carbocycles. The van der Waals surface area contributed by atoms with Gasteiger partial charge >= 0.3 is 0 Å². The number of hydrogen-bond donors (Lipinski definition) is 1. The number of rotatable bonds is 5. The molecular weight excluding hydrogens is 415 g/mol. The van der Waals surface area contributed by atoms with Gasteiger partial charge in [-0.05, 0) is 55.9 Å². The fourth-order valence-electron chi connectivity index (χ4n) is 4.24. The van der Waals surface area contributed by atoms with Gasteiger partial charge in [-0.1, -0.05) is 6.07 Å². The van der Waals surface area contributed by atoms with E-state index in [1.54, 1.807) is 18.2 Å². The summed E-state index contributed by atoms with van der Waals surface area (Å²) in [6, 6.07) is 10.7. The molecule has 1 aromatic heterocycles. The van der Waals surface area contributed by atoms with Crippen molar-refractivity contribution in [3.63, 3.8) is 0 Å². The van der Waals surface area contributed by atoms with E-state index in [1.165, 1.54) is 6.07 Å². The molecule has 2 fully saturated rings. The fraction of sp³-hybridized carbons (Fsp3) is 0.375. The molecule has 2 heterocycles. The number of fused-ring (bicyclic) bond motifs is 1. The van der Waals surface area contributed by atoms with Crippen molar-refractivity contribution in [1.29, 1.82) is 5.26 Å². The maximum Gasteiger partial charge on any atom is 0.172 e. The Labute approximate surface area is 183 Å². The van der Waals surface area contributed by atoms with Crippen LogP contribution in [0.5, 0.6) is 0 Å². The molecule has 1 atom stereocenters. The summed E-state index contributed by atoms with van der Waals surface area (Å²) in [6.45, 7) is 1.12. The van der Waals surface area contributed by atoms with Gasteiger partial charge in [-0.15, -0.1) is 0 Å². The highest BCUT2D eigenvalue weighted by Gasteiger charge is 2.32. The van der Waals surface area contributed by atoms with Crippen molar-refractivity contribution in [1.82, 2.24) is 9.97 Å². The van der Waals surface area contributed by atoms with Gasteiger partial charge in [0, 0.05) is 30.8 Å². The summed E-state index contributed by atoms with van der Waals surface area (Å²) >= 11 is 0. The zero-order valence-corrected chi connectivity index (χ0v) is 17.4. The Morgan fingerprint density at radius 1 is 1.00 bits per heavy atom. The third kappa shape index (κ3) is 4.07. The summed E-state index contributed by atoms with van der Waals surface area (Å²) in [5, 5.41) is 12.6. The van der Waals surface area contributed by atoms with Gasteiger partial charge in [0.05, 0.1) is 22.7 Å². The van der Waals surface area contributed by atoms with E-state index in [0.29, 0.717) is 54.4 Å². The van der Waals surface area contributed by atoms with E-state index in [2.05, 4.69) is 16.3 Å². The number of nitrogens with one attached hydrogen (secondary N) is 1. The molecule has 32 heavy (non-hydrogen) atoms. The molecule has 5 rings (SSSR count). The second kappa shape index (κ2) is 8.30. The lowest BCUT2D eigenvalue weighted by Crippen LogP contribution is -2.36. The normalized spacial score (nSPS) is 17.9. The largest absolute Gasteiger partial charge is 0.364 e. The van der Waals surface area contributed by atoms with E-state index >= 15 is 4.39 Å². The van der Waals surface area contributed by atoms with Crippen LogP contribution in [0.15, 0.2) is 36.4 Å². The van der Waals surface area contributed by atoms with Crippen LogP contribution < -0.4 is 10.2 Å². The maximum atomic E-state index is 15.0. The molecule has 1 N–H and O–H groups in total. The molecule has 2 aliphatic rings. The van der Waals surface area contributed by atoms with Gasteiger partial charge in [-0.2, -0.15) is 5.26 Å². The Kier molecular flexibility index (Phi) is 5.33. The van der Waals surface area contributed by atoms with Crippen LogP contribution in [0.2, 0.25) is 0 Å². The molecule has 0 bridgehead atoms. The van der Waals surface area contributed by atoms with E-state index in [1.807, 2.05) is 0 Å². The lowest BCUT2D eigenvalue weighted by Gasteiger charge is -2.35. The first-order chi connectivity index (χ1) is 15.5. The predicted molar refractivity (Wildman–Crippen MR) is 116 cm³/mol. The highest BCUT2D eigenvalue weighted by atomic mass is 19.1. The van der Waals surface area contributed by atoms with Crippen molar-refractivity contribution in [2.24, 2.45) is 5.92 Å². The number of aromatic nitrogens is 2. The van der Waals surface area contributed by atoms with E-state index in [4.69, 9.17) is 15.2 Å². The van der Waals surface area contributed by atoms with Crippen molar-refractivity contribution in [3.8, 4) is 6.07 Å². The minimum absolute atomic E-state index is 0.0836. The van der Waals surface area contributed by atoms with E-state index in [9.17, 15) is 8.78 Å². The van der Waals surface area contributed by atoms with Gasteiger partial charge in [-0.25, -0.2) is 23.1 Å². The number of hydrogen-bond acceptors (Lipinski definition) is 5. The molecule has 1 aliphatic carbocycles. The highest BCUT2D eigenvalue weighted by Crippen LogP contribution is 2.38. The number of anilines is 2. The lowest BCUT2D eigenvalue weighted by atomic mass is 9.88. The van der Waals surface area contributed by atoms with Gasteiger partial charge < -0.3 is 10.2 Å². The highest BCUT2D eigenvalue weighted by molar-refractivity contribution is 5.82. The van der Waals surface area contributed by atoms with Crippen LogP contribution >= 0.6 is 0 Å². The molecule has 1 aliphatic heterocycles. The average molecular weight is 437 g/mol. The van der Waals surface area contributed by atoms with Crippen molar-refractivity contribution >= 4 is 22.7 Å². The molecule has 0 amide bonds. The number of nitriles is 1. The standard InChI is InChI=1S/C24H22F3N5/c25-16-2-5-18(19(26)12-16)22(27)15-7-9-32(10-8-15)24-23(29-17-3-4-17)30-21-11-14(13-28)1-6-20(21)31-24/h1-2,5-6,11-12,15,17,22H,3-4,7-10H2,(H,29,30)/t22-/m0/s1. The monoisotopic (exact) mass is 437 g/mol. The smallest absolute Gasteiger partial charge is 0.172 e. The Morgan fingerprint density at radius 3 is 2.47 bits per heavy atom. The quantitative estimate of drug-likeness (QED) is 0.588. The SMILES string of the molecule is N#Cc1ccc2nc(N3CCC([C@H](F)c4ccc(F)cc4F)CC3)c(NC3CC3)nc2c1. The molecule has 1 saturated heterocycles. The number of nitrogens with zero attached hydrogens (tertiary/aromatic N) is 4. The first-order valence-electron chi connectivity index (χ1n) is 10.8. The molecule has 8 heteroatoms. The number of piperidine rings is 1. The predicted octanol–water partition coefficient (Wildman–Crippen LogP) is 5.28. The van der Waals surface area contributed by atoms with Crippen molar-refractivity contribution in [2.45, 2.75) is 37.9 Å². The zero-order valence-electron chi connectivity index (χ0n) is 17.4. The summed E-state index contributed by atoms with van der Waals surface area (Å²) < 4.78 is 42.3. The minimum atomic E-state index is -1.48. The van der Waals surface area contributed by atoms with E-state index in [-0.39, 0.29) is 11.5 Å². The van der Waals surface area contributed by atoms with Crippen LogP contribution in [-0.4, -0.2) is 29.1 Å². The van der Waals surface area contributed by atoms with Crippen LogP contribution in [0.4, 0.5) is 24.8 Å². The van der Waals surface area contributed by atoms with Crippen LogP contribution in [0.25, 0.3) is 11.0 Å². The van der Waals surface area contributed by atoms with Crippen molar-refractivity contribution in [2.75, 3.05) is 23.3 Å². The molecule has 0 unspecified atom stereocenters. The molecule has 164 valence electrons. The van der Waals surface area contributed by atoms with E-state index in [0.717, 1.165) is 30.8 Å². The Morgan fingerprint density at radius 2 is 1.78 bits per heavy atom. The molecular formula is C24H22F3N5. The zero-order chi connectivity index (χ0) is 22.2. The third-order valence-corrected chi connectivity index (χ3v) is 6.21. The first-order valence-corrected chi connectivity index (χ1v) is 10.8. The second-order valence-corrected chi connectivity index (χ2v) is 8.52. The molecule has 0 spiro atoms. The summed E-state index contributed by atoms with van der Waals surface area (Å²) in [6.07, 6.45) is 1.72. The summed E-state index contributed by atoms with van der Waals surface area (Å²) in [7, 11) is 0.